The van der Waals surface area contributed by atoms with Crippen molar-refractivity contribution in [2.75, 3.05) is 0 Å². The maximum absolute atomic E-state index is 9.59. The molecular formula is C17H16Br2O. The number of hydrogen-bond donors (Lipinski definition) is 1. The highest BCUT2D eigenvalue weighted by Crippen LogP contribution is 2.28. The lowest BCUT2D eigenvalue weighted by atomic mass is 9.93. The zero-order chi connectivity index (χ0) is 14.1. The standard InChI is InChI=1S/C17H16Br2O/c18-16-7-11-1-3-12(16)5-6-13-9-17(19)14(4-2-11)8-15(13)10-20/h1,3,7-9,20H,2,4-6,10H2. The molecule has 0 aliphatic heterocycles. The lowest BCUT2D eigenvalue weighted by molar-refractivity contribution is 0.280. The Hall–Kier alpha value is -0.640. The number of aliphatic hydroxyl groups excluding tert-OH is 1. The molecule has 1 nitrogen and oxygen atoms in total. The SMILES string of the molecule is OCc1cc2c(Br)cc1CCc1ccc(cc1Br)CC2. The number of aryl methyl sites for hydroxylation is 4. The van der Waals surface area contributed by atoms with Crippen LogP contribution in [-0.4, -0.2) is 5.11 Å². The van der Waals surface area contributed by atoms with Gasteiger partial charge in [-0.3, -0.25) is 0 Å². The van der Waals surface area contributed by atoms with Crippen molar-refractivity contribution in [2.24, 2.45) is 0 Å². The molecule has 6 rings (SSSR count). The molecule has 0 radical (unpaired) electrons. The Morgan fingerprint density at radius 1 is 0.800 bits per heavy atom. The molecule has 0 unspecified atom stereocenters. The zero-order valence-corrected chi connectivity index (χ0v) is 14.3. The van der Waals surface area contributed by atoms with E-state index >= 15 is 0 Å². The predicted molar refractivity (Wildman–Crippen MR) is 89.0 cm³/mol. The third-order valence-electron chi connectivity index (χ3n) is 4.00. The van der Waals surface area contributed by atoms with Gasteiger partial charge in [-0.25, -0.2) is 0 Å². The Morgan fingerprint density at radius 3 is 2.25 bits per heavy atom. The van der Waals surface area contributed by atoms with Crippen LogP contribution in [0.5, 0.6) is 0 Å². The van der Waals surface area contributed by atoms with Crippen molar-refractivity contribution in [3.63, 3.8) is 0 Å². The van der Waals surface area contributed by atoms with Crippen LogP contribution in [0.2, 0.25) is 0 Å². The van der Waals surface area contributed by atoms with Gasteiger partial charge in [-0.1, -0.05) is 50.1 Å². The molecule has 0 heterocycles. The van der Waals surface area contributed by atoms with Gasteiger partial charge in [0.2, 0.25) is 0 Å². The van der Waals surface area contributed by atoms with Crippen LogP contribution in [0, 0.1) is 0 Å². The predicted octanol–water partition coefficient (Wildman–Crippen LogP) is 4.59. The van der Waals surface area contributed by atoms with E-state index in [1.165, 1.54) is 31.2 Å². The summed E-state index contributed by atoms with van der Waals surface area (Å²) in [5.74, 6) is 0. The van der Waals surface area contributed by atoms with Crippen LogP contribution < -0.4 is 0 Å². The normalized spacial score (nSPS) is 14.2. The Labute approximate surface area is 136 Å². The van der Waals surface area contributed by atoms with Crippen molar-refractivity contribution < 1.29 is 5.11 Å². The minimum Gasteiger partial charge on any atom is -0.392 e. The van der Waals surface area contributed by atoms with Gasteiger partial charge in [0.1, 0.15) is 0 Å². The molecule has 0 saturated carbocycles. The topological polar surface area (TPSA) is 20.2 Å². The Morgan fingerprint density at radius 2 is 1.50 bits per heavy atom. The molecule has 4 bridgehead atoms. The van der Waals surface area contributed by atoms with Crippen LogP contribution in [0.4, 0.5) is 0 Å². The average Bonchev–Trinajstić information content (AvgIpc) is 2.43. The Kier molecular flexibility index (Phi) is 4.29. The van der Waals surface area contributed by atoms with E-state index < -0.39 is 0 Å². The fourth-order valence-corrected chi connectivity index (χ4v) is 3.99. The van der Waals surface area contributed by atoms with Crippen LogP contribution in [-0.2, 0) is 32.3 Å². The minimum atomic E-state index is 0.119. The minimum absolute atomic E-state index is 0.119. The summed E-state index contributed by atoms with van der Waals surface area (Å²) in [6.45, 7) is 0.119. The van der Waals surface area contributed by atoms with Crippen molar-refractivity contribution in [3.8, 4) is 0 Å². The van der Waals surface area contributed by atoms with E-state index in [0.29, 0.717) is 0 Å². The van der Waals surface area contributed by atoms with Gasteiger partial charge >= 0.3 is 0 Å². The van der Waals surface area contributed by atoms with E-state index in [0.717, 1.165) is 31.2 Å². The Balaban J connectivity index is 2.07. The molecule has 2 aromatic rings. The van der Waals surface area contributed by atoms with Crippen molar-refractivity contribution >= 4 is 31.9 Å². The molecule has 0 amide bonds. The van der Waals surface area contributed by atoms with E-state index in [1.807, 2.05) is 0 Å². The largest absolute Gasteiger partial charge is 0.392 e. The highest BCUT2D eigenvalue weighted by Gasteiger charge is 2.12. The van der Waals surface area contributed by atoms with Crippen LogP contribution in [0.3, 0.4) is 0 Å². The molecule has 4 aliphatic rings. The summed E-state index contributed by atoms with van der Waals surface area (Å²) in [6, 6.07) is 11.0. The molecular weight excluding hydrogens is 380 g/mol. The maximum Gasteiger partial charge on any atom is 0.0684 e. The fourth-order valence-electron chi connectivity index (χ4n) is 2.78. The number of rotatable bonds is 1. The Bertz CT molecular complexity index is 650. The van der Waals surface area contributed by atoms with Crippen molar-refractivity contribution in [1.29, 1.82) is 0 Å². The summed E-state index contributed by atoms with van der Waals surface area (Å²) in [4.78, 5) is 0. The first kappa shape index (κ1) is 14.3. The van der Waals surface area contributed by atoms with Gasteiger partial charge in [-0.2, -0.15) is 0 Å². The second-order valence-corrected chi connectivity index (χ2v) is 7.00. The van der Waals surface area contributed by atoms with E-state index in [1.54, 1.807) is 0 Å². The molecule has 104 valence electrons. The van der Waals surface area contributed by atoms with Crippen LogP contribution in [0.15, 0.2) is 39.3 Å². The maximum atomic E-state index is 9.59. The van der Waals surface area contributed by atoms with Gasteiger partial charge in [-0.05, 0) is 65.6 Å². The van der Waals surface area contributed by atoms with E-state index in [4.69, 9.17) is 0 Å². The van der Waals surface area contributed by atoms with Gasteiger partial charge < -0.3 is 5.11 Å². The summed E-state index contributed by atoms with van der Waals surface area (Å²) >= 11 is 7.35. The van der Waals surface area contributed by atoms with Gasteiger partial charge in [0, 0.05) is 8.95 Å². The number of hydrogen-bond acceptors (Lipinski definition) is 1. The molecule has 0 atom stereocenters. The summed E-state index contributed by atoms with van der Waals surface area (Å²) < 4.78 is 2.37. The summed E-state index contributed by atoms with van der Waals surface area (Å²) in [5, 5.41) is 9.59. The molecule has 20 heavy (non-hydrogen) atoms. The first-order valence-corrected chi connectivity index (χ1v) is 8.44. The van der Waals surface area contributed by atoms with Crippen molar-refractivity contribution in [1.82, 2.24) is 0 Å². The molecule has 0 aromatic heterocycles. The summed E-state index contributed by atoms with van der Waals surface area (Å²) in [5.41, 5.74) is 6.26. The highest BCUT2D eigenvalue weighted by atomic mass is 79.9. The number of halogens is 2. The third kappa shape index (κ3) is 2.85. The monoisotopic (exact) mass is 394 g/mol. The van der Waals surface area contributed by atoms with E-state index in [-0.39, 0.29) is 6.61 Å². The van der Waals surface area contributed by atoms with Crippen molar-refractivity contribution in [3.05, 3.63) is 67.1 Å². The number of aliphatic hydroxyl groups is 1. The smallest absolute Gasteiger partial charge is 0.0684 e. The van der Waals surface area contributed by atoms with Gasteiger partial charge in [0.05, 0.1) is 6.61 Å². The molecule has 3 heteroatoms. The second-order valence-electron chi connectivity index (χ2n) is 5.30. The second kappa shape index (κ2) is 6.00. The molecule has 2 aromatic carbocycles. The molecule has 0 spiro atoms. The average molecular weight is 396 g/mol. The lowest BCUT2D eigenvalue weighted by Crippen LogP contribution is -2.03. The van der Waals surface area contributed by atoms with E-state index in [9.17, 15) is 5.11 Å². The summed E-state index contributed by atoms with van der Waals surface area (Å²) in [6.07, 6.45) is 3.94. The zero-order valence-electron chi connectivity index (χ0n) is 11.1. The summed E-state index contributed by atoms with van der Waals surface area (Å²) in [7, 11) is 0. The first-order chi connectivity index (χ1) is 9.67. The molecule has 1 N–H and O–H groups in total. The van der Waals surface area contributed by atoms with Gasteiger partial charge in [0.25, 0.3) is 0 Å². The number of benzene rings is 2. The van der Waals surface area contributed by atoms with Gasteiger partial charge in [0.15, 0.2) is 0 Å². The fraction of sp³-hybridized carbons (Fsp3) is 0.294. The molecule has 4 aliphatic carbocycles. The van der Waals surface area contributed by atoms with Gasteiger partial charge in [-0.15, -0.1) is 0 Å². The first-order valence-electron chi connectivity index (χ1n) is 6.85. The van der Waals surface area contributed by atoms with Crippen LogP contribution >= 0.6 is 31.9 Å². The molecule has 0 saturated heterocycles. The van der Waals surface area contributed by atoms with Crippen LogP contribution in [0.1, 0.15) is 27.8 Å². The third-order valence-corrected chi connectivity index (χ3v) is 5.48. The quantitative estimate of drug-likeness (QED) is 0.748. The lowest BCUT2D eigenvalue weighted by Gasteiger charge is -2.16. The van der Waals surface area contributed by atoms with Crippen molar-refractivity contribution in [2.45, 2.75) is 32.3 Å². The van der Waals surface area contributed by atoms with Crippen LogP contribution in [0.25, 0.3) is 0 Å². The molecule has 0 fully saturated rings. The van der Waals surface area contributed by atoms with E-state index in [2.05, 4.69) is 62.2 Å². The highest BCUT2D eigenvalue weighted by molar-refractivity contribution is 9.10.